The first-order valence-corrected chi connectivity index (χ1v) is 5.50. The van der Waals surface area contributed by atoms with Crippen LogP contribution in [0.3, 0.4) is 0 Å². The van der Waals surface area contributed by atoms with E-state index in [2.05, 4.69) is 13.2 Å². The largest absolute Gasteiger partial charge is 0.300 e. The second kappa shape index (κ2) is 8.12. The molecule has 0 saturated carbocycles. The Hall–Kier alpha value is 0.0200. The van der Waals surface area contributed by atoms with Gasteiger partial charge in [0.2, 0.25) is 0 Å². The molecule has 0 aromatic carbocycles. The number of carbonyl (C=O) groups excluding carboxylic acids is 1. The molecule has 0 rings (SSSR count). The lowest BCUT2D eigenvalue weighted by molar-refractivity contribution is -0.118. The first-order valence-electron chi connectivity index (χ1n) is 4.11. The predicted octanol–water partition coefficient (Wildman–Crippen LogP) is 2.70. The Morgan fingerprint density at radius 1 is 1.36 bits per heavy atom. The van der Waals surface area contributed by atoms with Crippen LogP contribution in [-0.4, -0.2) is 17.8 Å². The number of unbranched alkanes of at least 4 members (excludes halogenated alkanes) is 2. The third kappa shape index (κ3) is 7.92. The molecule has 0 aliphatic carbocycles. The van der Waals surface area contributed by atoms with Crippen LogP contribution in [0.2, 0.25) is 0 Å². The summed E-state index contributed by atoms with van der Waals surface area (Å²) in [6.07, 6.45) is 6.79. The molecular weight excluding hydrogens is 156 g/mol. The van der Waals surface area contributed by atoms with E-state index in [4.69, 9.17) is 0 Å². The van der Waals surface area contributed by atoms with Crippen LogP contribution in [0.4, 0.5) is 0 Å². The minimum Gasteiger partial charge on any atom is -0.300 e. The van der Waals surface area contributed by atoms with Gasteiger partial charge >= 0.3 is 0 Å². The van der Waals surface area contributed by atoms with Crippen LogP contribution >= 0.6 is 11.8 Å². The average molecular weight is 173 g/mol. The Bertz CT molecular complexity index is 102. The van der Waals surface area contributed by atoms with Crippen LogP contribution in [0, 0.1) is 6.92 Å². The van der Waals surface area contributed by atoms with Gasteiger partial charge in [0.25, 0.3) is 0 Å². The molecule has 1 nitrogen and oxygen atoms in total. The van der Waals surface area contributed by atoms with Gasteiger partial charge in [-0.15, -0.1) is 0 Å². The number of Topliss-reactive ketones (excluding diaryl/α,β-unsaturated/α-hetero) is 1. The number of rotatable bonds is 7. The van der Waals surface area contributed by atoms with E-state index in [0.717, 1.165) is 12.8 Å². The number of ketones is 1. The van der Waals surface area contributed by atoms with Crippen LogP contribution < -0.4 is 0 Å². The topological polar surface area (TPSA) is 17.1 Å². The van der Waals surface area contributed by atoms with Gasteiger partial charge in [-0.1, -0.05) is 6.42 Å². The summed E-state index contributed by atoms with van der Waals surface area (Å²) < 4.78 is 0. The number of hydrogen-bond donors (Lipinski definition) is 0. The van der Waals surface area contributed by atoms with Crippen LogP contribution in [0.15, 0.2) is 0 Å². The molecule has 0 aliphatic heterocycles. The quantitative estimate of drug-likeness (QED) is 0.551. The van der Waals surface area contributed by atoms with Crippen molar-refractivity contribution in [2.45, 2.75) is 32.1 Å². The van der Waals surface area contributed by atoms with Crippen molar-refractivity contribution < 1.29 is 4.79 Å². The van der Waals surface area contributed by atoms with E-state index in [1.165, 1.54) is 18.6 Å². The summed E-state index contributed by atoms with van der Waals surface area (Å²) in [5.74, 6) is 1.52. The Morgan fingerprint density at radius 3 is 2.64 bits per heavy atom. The highest BCUT2D eigenvalue weighted by atomic mass is 32.2. The Morgan fingerprint density at radius 2 is 2.09 bits per heavy atom. The molecule has 2 heteroatoms. The molecule has 0 aliphatic rings. The van der Waals surface area contributed by atoms with Gasteiger partial charge < -0.3 is 0 Å². The molecule has 0 saturated heterocycles. The molecule has 1 radical (unpaired) electrons. The van der Waals surface area contributed by atoms with Crippen molar-refractivity contribution in [1.82, 2.24) is 0 Å². The first-order chi connectivity index (χ1) is 5.31. The van der Waals surface area contributed by atoms with Gasteiger partial charge in [0.1, 0.15) is 5.78 Å². The standard InChI is InChI=1S/C9H17OS/c1-3-9(10)7-5-4-6-8-11-2/h1,3-8H2,2H3. The van der Waals surface area contributed by atoms with Crippen molar-refractivity contribution in [3.8, 4) is 0 Å². The third-order valence-corrected chi connectivity index (χ3v) is 2.28. The minimum absolute atomic E-state index is 0.300. The van der Waals surface area contributed by atoms with Gasteiger partial charge in [-0.25, -0.2) is 0 Å². The van der Waals surface area contributed by atoms with E-state index in [0.29, 0.717) is 12.2 Å². The minimum atomic E-state index is 0.300. The molecule has 0 aromatic rings. The lowest BCUT2D eigenvalue weighted by atomic mass is 10.1. The molecule has 0 aromatic heterocycles. The summed E-state index contributed by atoms with van der Waals surface area (Å²) in [6.45, 7) is 3.55. The van der Waals surface area contributed by atoms with E-state index in [-0.39, 0.29) is 0 Å². The van der Waals surface area contributed by atoms with Crippen molar-refractivity contribution in [2.75, 3.05) is 12.0 Å². The molecule has 11 heavy (non-hydrogen) atoms. The molecule has 0 bridgehead atoms. The Balaban J connectivity index is 2.95. The van der Waals surface area contributed by atoms with E-state index in [9.17, 15) is 4.79 Å². The van der Waals surface area contributed by atoms with Crippen molar-refractivity contribution in [1.29, 1.82) is 0 Å². The van der Waals surface area contributed by atoms with Gasteiger partial charge in [-0.05, 0) is 31.8 Å². The molecule has 0 fully saturated rings. The molecule has 0 atom stereocenters. The lowest BCUT2D eigenvalue weighted by Crippen LogP contribution is -1.94. The normalized spacial score (nSPS) is 10.0. The zero-order chi connectivity index (χ0) is 8.53. The monoisotopic (exact) mass is 173 g/mol. The molecule has 0 amide bonds. The third-order valence-electron chi connectivity index (χ3n) is 1.58. The number of carbonyl (C=O) groups is 1. The highest BCUT2D eigenvalue weighted by Crippen LogP contribution is 2.05. The summed E-state index contributed by atoms with van der Waals surface area (Å²) >= 11 is 1.87. The smallest absolute Gasteiger partial charge is 0.132 e. The van der Waals surface area contributed by atoms with Gasteiger partial charge in [0.05, 0.1) is 0 Å². The summed E-state index contributed by atoms with van der Waals surface area (Å²) in [5, 5.41) is 0. The second-order valence-corrected chi connectivity index (χ2v) is 3.58. The van der Waals surface area contributed by atoms with E-state index < -0.39 is 0 Å². The molecule has 0 N–H and O–H groups in total. The fourth-order valence-corrected chi connectivity index (χ4v) is 1.36. The maximum atomic E-state index is 10.8. The zero-order valence-corrected chi connectivity index (χ0v) is 8.08. The maximum Gasteiger partial charge on any atom is 0.132 e. The SMILES string of the molecule is [CH2]CC(=O)CCCCCSC. The molecule has 0 unspecified atom stereocenters. The van der Waals surface area contributed by atoms with Gasteiger partial charge in [0, 0.05) is 12.8 Å². The van der Waals surface area contributed by atoms with Crippen molar-refractivity contribution >= 4 is 17.5 Å². The molecule has 0 spiro atoms. The first kappa shape index (κ1) is 11.0. The molecule has 65 valence electrons. The maximum absolute atomic E-state index is 10.8. The Kier molecular flexibility index (Phi) is 8.13. The zero-order valence-electron chi connectivity index (χ0n) is 7.27. The van der Waals surface area contributed by atoms with Gasteiger partial charge in [-0.3, -0.25) is 4.79 Å². The molecular formula is C9H17OS. The summed E-state index contributed by atoms with van der Waals surface area (Å²) in [4.78, 5) is 10.8. The van der Waals surface area contributed by atoms with Crippen LogP contribution in [-0.2, 0) is 4.79 Å². The summed E-state index contributed by atoms with van der Waals surface area (Å²) in [5.41, 5.74) is 0. The predicted molar refractivity (Wildman–Crippen MR) is 51.8 cm³/mol. The van der Waals surface area contributed by atoms with Crippen LogP contribution in [0.1, 0.15) is 32.1 Å². The fourth-order valence-electron chi connectivity index (χ4n) is 0.870. The van der Waals surface area contributed by atoms with E-state index in [1.807, 2.05) is 11.8 Å². The summed E-state index contributed by atoms with van der Waals surface area (Å²) in [6, 6.07) is 0. The van der Waals surface area contributed by atoms with Gasteiger partial charge in [0.15, 0.2) is 0 Å². The average Bonchev–Trinajstić information content (AvgIpc) is 2.04. The van der Waals surface area contributed by atoms with Crippen LogP contribution in [0.25, 0.3) is 0 Å². The molecule has 0 heterocycles. The van der Waals surface area contributed by atoms with E-state index >= 15 is 0 Å². The summed E-state index contributed by atoms with van der Waals surface area (Å²) in [7, 11) is 0. The Labute approximate surface area is 73.9 Å². The van der Waals surface area contributed by atoms with Crippen LogP contribution in [0.5, 0.6) is 0 Å². The highest BCUT2D eigenvalue weighted by molar-refractivity contribution is 7.98. The second-order valence-electron chi connectivity index (χ2n) is 2.59. The van der Waals surface area contributed by atoms with Crippen molar-refractivity contribution in [2.24, 2.45) is 0 Å². The lowest BCUT2D eigenvalue weighted by Gasteiger charge is -1.97. The number of thioether (sulfide) groups is 1. The fraction of sp³-hybridized carbons (Fsp3) is 0.778. The number of hydrogen-bond acceptors (Lipinski definition) is 2. The highest BCUT2D eigenvalue weighted by Gasteiger charge is 1.96. The van der Waals surface area contributed by atoms with Crippen molar-refractivity contribution in [3.63, 3.8) is 0 Å². The van der Waals surface area contributed by atoms with Gasteiger partial charge in [-0.2, -0.15) is 11.8 Å². The van der Waals surface area contributed by atoms with Crippen molar-refractivity contribution in [3.05, 3.63) is 6.92 Å². The van der Waals surface area contributed by atoms with E-state index in [1.54, 1.807) is 0 Å².